The van der Waals surface area contributed by atoms with Crippen LogP contribution in [0, 0.1) is 5.92 Å². The fraction of sp³-hybridized carbons (Fsp3) is 0.619. The molecule has 3 rings (SSSR count). The summed E-state index contributed by atoms with van der Waals surface area (Å²) in [5, 5.41) is 3.39. The van der Waals surface area contributed by atoms with Crippen LogP contribution < -0.4 is 5.32 Å². The molecule has 1 aliphatic carbocycles. The first-order chi connectivity index (χ1) is 12.6. The molecule has 0 unspecified atom stereocenters. The molecule has 1 aromatic carbocycles. The molecule has 0 spiro atoms. The molecule has 6 heteroatoms. The van der Waals surface area contributed by atoms with E-state index in [1.165, 1.54) is 12.7 Å². The van der Waals surface area contributed by atoms with Crippen molar-refractivity contribution in [2.24, 2.45) is 5.92 Å². The number of amides is 1. The number of halogens is 1. The minimum absolute atomic E-state index is 0. The Bertz CT molecular complexity index is 621. The number of piperidine rings is 1. The van der Waals surface area contributed by atoms with Crippen molar-refractivity contribution in [3.8, 4) is 0 Å². The first-order valence-electron chi connectivity index (χ1n) is 9.75. The second kappa shape index (κ2) is 10.1. The molecule has 1 aromatic rings. The number of nitrogens with one attached hydrogen (secondary N) is 1. The van der Waals surface area contributed by atoms with Crippen LogP contribution in [0.1, 0.15) is 60.4 Å². The largest absolute Gasteiger partial charge is 0.469 e. The fourth-order valence-corrected chi connectivity index (χ4v) is 4.29. The molecule has 1 amide bonds. The van der Waals surface area contributed by atoms with Crippen LogP contribution >= 0.6 is 12.4 Å². The Morgan fingerprint density at radius 1 is 1.00 bits per heavy atom. The summed E-state index contributed by atoms with van der Waals surface area (Å²) in [7, 11) is 3.32. The summed E-state index contributed by atoms with van der Waals surface area (Å²) in [4.78, 5) is 26.3. The van der Waals surface area contributed by atoms with Gasteiger partial charge in [0.05, 0.1) is 13.0 Å². The van der Waals surface area contributed by atoms with Crippen molar-refractivity contribution in [1.82, 2.24) is 10.2 Å². The topological polar surface area (TPSA) is 58.6 Å². The van der Waals surface area contributed by atoms with Gasteiger partial charge in [0, 0.05) is 18.7 Å². The summed E-state index contributed by atoms with van der Waals surface area (Å²) in [5.41, 5.74) is 2.09. The minimum atomic E-state index is -0.120. The maximum absolute atomic E-state index is 12.8. The first kappa shape index (κ1) is 21.7. The van der Waals surface area contributed by atoms with Crippen molar-refractivity contribution in [3.63, 3.8) is 0 Å². The number of benzene rings is 1. The number of esters is 1. The van der Waals surface area contributed by atoms with E-state index in [0.717, 1.165) is 57.2 Å². The van der Waals surface area contributed by atoms with Crippen LogP contribution in [0.15, 0.2) is 24.3 Å². The lowest BCUT2D eigenvalue weighted by atomic mass is 9.85. The van der Waals surface area contributed by atoms with Gasteiger partial charge in [-0.25, -0.2) is 0 Å². The van der Waals surface area contributed by atoms with Crippen molar-refractivity contribution in [1.29, 1.82) is 0 Å². The second-order valence-corrected chi connectivity index (χ2v) is 7.59. The summed E-state index contributed by atoms with van der Waals surface area (Å²) < 4.78 is 4.84. The van der Waals surface area contributed by atoms with Gasteiger partial charge in [-0.05, 0) is 75.2 Å². The zero-order chi connectivity index (χ0) is 18.5. The van der Waals surface area contributed by atoms with Gasteiger partial charge < -0.3 is 15.0 Å². The SMILES string of the molecule is COC(=O)C1CCC(N(C)C(=O)c2ccc(C3CCNCC3)cc2)CC1.Cl. The van der Waals surface area contributed by atoms with Gasteiger partial charge in [0.2, 0.25) is 0 Å². The quantitative estimate of drug-likeness (QED) is 0.795. The number of hydrogen-bond acceptors (Lipinski definition) is 4. The van der Waals surface area contributed by atoms with Crippen LogP contribution in [-0.4, -0.2) is 50.1 Å². The molecule has 2 fully saturated rings. The van der Waals surface area contributed by atoms with Crippen LogP contribution in [0.4, 0.5) is 0 Å². The molecular formula is C21H31ClN2O3. The molecule has 0 bridgehead atoms. The molecule has 1 saturated heterocycles. The van der Waals surface area contributed by atoms with Crippen LogP contribution in [0.2, 0.25) is 0 Å². The lowest BCUT2D eigenvalue weighted by molar-refractivity contribution is -0.146. The van der Waals surface area contributed by atoms with E-state index in [9.17, 15) is 9.59 Å². The van der Waals surface area contributed by atoms with Gasteiger partial charge in [-0.1, -0.05) is 12.1 Å². The molecule has 27 heavy (non-hydrogen) atoms. The van der Waals surface area contributed by atoms with Crippen LogP contribution in [0.25, 0.3) is 0 Å². The summed E-state index contributed by atoms with van der Waals surface area (Å²) in [6.45, 7) is 2.14. The van der Waals surface area contributed by atoms with E-state index in [4.69, 9.17) is 4.74 Å². The predicted octanol–water partition coefficient (Wildman–Crippen LogP) is 3.38. The minimum Gasteiger partial charge on any atom is -0.469 e. The fourth-order valence-electron chi connectivity index (χ4n) is 4.29. The lowest BCUT2D eigenvalue weighted by Crippen LogP contribution is -2.40. The zero-order valence-corrected chi connectivity index (χ0v) is 17.1. The number of rotatable bonds is 4. The average Bonchev–Trinajstić information content (AvgIpc) is 2.73. The molecule has 0 radical (unpaired) electrons. The highest BCUT2D eigenvalue weighted by Crippen LogP contribution is 2.29. The third kappa shape index (κ3) is 5.23. The van der Waals surface area contributed by atoms with E-state index in [1.807, 2.05) is 24.1 Å². The maximum Gasteiger partial charge on any atom is 0.308 e. The Morgan fingerprint density at radius 2 is 1.59 bits per heavy atom. The third-order valence-electron chi connectivity index (χ3n) is 6.07. The Morgan fingerprint density at radius 3 is 2.15 bits per heavy atom. The Labute approximate surface area is 168 Å². The molecule has 5 nitrogen and oxygen atoms in total. The van der Waals surface area contributed by atoms with Crippen LogP contribution in [0.5, 0.6) is 0 Å². The summed E-state index contributed by atoms with van der Waals surface area (Å²) >= 11 is 0. The maximum atomic E-state index is 12.8. The monoisotopic (exact) mass is 394 g/mol. The van der Waals surface area contributed by atoms with Gasteiger partial charge in [-0.2, -0.15) is 0 Å². The van der Waals surface area contributed by atoms with Crippen LogP contribution in [0.3, 0.4) is 0 Å². The van der Waals surface area contributed by atoms with E-state index in [1.54, 1.807) is 0 Å². The normalized spacial score (nSPS) is 23.2. The highest BCUT2D eigenvalue weighted by atomic mass is 35.5. The van der Waals surface area contributed by atoms with E-state index in [2.05, 4.69) is 17.4 Å². The first-order valence-corrected chi connectivity index (χ1v) is 9.75. The van der Waals surface area contributed by atoms with Crippen LogP contribution in [-0.2, 0) is 9.53 Å². The lowest BCUT2D eigenvalue weighted by Gasteiger charge is -2.34. The van der Waals surface area contributed by atoms with Crippen molar-refractivity contribution in [3.05, 3.63) is 35.4 Å². The Hall–Kier alpha value is -1.59. The summed E-state index contributed by atoms with van der Waals surface area (Å²) in [6.07, 6.45) is 5.63. The highest BCUT2D eigenvalue weighted by Gasteiger charge is 2.30. The Balaban J connectivity index is 0.00000261. The predicted molar refractivity (Wildman–Crippen MR) is 108 cm³/mol. The van der Waals surface area contributed by atoms with Gasteiger partial charge in [-0.15, -0.1) is 12.4 Å². The number of methoxy groups -OCH3 is 1. The molecule has 150 valence electrons. The van der Waals surface area contributed by atoms with Gasteiger partial charge in [0.25, 0.3) is 5.91 Å². The second-order valence-electron chi connectivity index (χ2n) is 7.59. The van der Waals surface area contributed by atoms with Gasteiger partial charge in [0.15, 0.2) is 0 Å². The van der Waals surface area contributed by atoms with Crippen molar-refractivity contribution >= 4 is 24.3 Å². The molecule has 1 saturated carbocycles. The number of ether oxygens (including phenoxy) is 1. The molecular weight excluding hydrogens is 364 g/mol. The number of hydrogen-bond donors (Lipinski definition) is 1. The van der Waals surface area contributed by atoms with Gasteiger partial charge >= 0.3 is 5.97 Å². The number of carbonyl (C=O) groups is 2. The van der Waals surface area contributed by atoms with E-state index in [0.29, 0.717) is 5.92 Å². The van der Waals surface area contributed by atoms with Crippen molar-refractivity contribution in [2.45, 2.75) is 50.5 Å². The van der Waals surface area contributed by atoms with Crippen molar-refractivity contribution in [2.75, 3.05) is 27.2 Å². The number of carbonyl (C=O) groups excluding carboxylic acids is 2. The Kier molecular flexibility index (Phi) is 8.11. The number of nitrogens with zero attached hydrogens (tertiary/aromatic N) is 1. The van der Waals surface area contributed by atoms with E-state index < -0.39 is 0 Å². The standard InChI is InChI=1S/C21H30N2O3.ClH/c1-23(19-9-7-18(8-10-19)21(25)26-2)20(24)17-5-3-15(4-6-17)16-11-13-22-14-12-16;/h3-6,16,18-19,22H,7-14H2,1-2H3;1H. The zero-order valence-electron chi connectivity index (χ0n) is 16.3. The average molecular weight is 395 g/mol. The summed E-state index contributed by atoms with van der Waals surface area (Å²) in [5.74, 6) is 0.546. The molecule has 2 aliphatic rings. The third-order valence-corrected chi connectivity index (χ3v) is 6.07. The van der Waals surface area contributed by atoms with Crippen molar-refractivity contribution < 1.29 is 14.3 Å². The van der Waals surface area contributed by atoms with Gasteiger partial charge in [0.1, 0.15) is 0 Å². The molecule has 1 heterocycles. The van der Waals surface area contributed by atoms with E-state index >= 15 is 0 Å². The molecule has 1 N–H and O–H groups in total. The van der Waals surface area contributed by atoms with Gasteiger partial charge in [-0.3, -0.25) is 9.59 Å². The van der Waals surface area contributed by atoms with E-state index in [-0.39, 0.29) is 36.2 Å². The molecule has 1 aliphatic heterocycles. The highest BCUT2D eigenvalue weighted by molar-refractivity contribution is 5.94. The molecule has 0 aromatic heterocycles. The smallest absolute Gasteiger partial charge is 0.308 e. The summed E-state index contributed by atoms with van der Waals surface area (Å²) in [6, 6.07) is 8.37. The molecule has 0 atom stereocenters.